The molecule has 0 aromatic carbocycles. The largest absolute Gasteiger partial charge is 0.385 e. The number of unbranched alkanes of at least 4 members (excludes halogenated alkanes) is 3. The monoisotopic (exact) mass is 203 g/mol. The van der Waals surface area contributed by atoms with Crippen molar-refractivity contribution in [2.75, 3.05) is 27.9 Å². The first kappa shape index (κ1) is 13.4. The molecule has 4 nitrogen and oxygen atoms in total. The average Bonchev–Trinajstić information content (AvgIpc) is 2.21. The van der Waals surface area contributed by atoms with Crippen LogP contribution in [0.3, 0.4) is 0 Å². The predicted octanol–water partition coefficient (Wildman–Crippen LogP) is 1.60. The van der Waals surface area contributed by atoms with Gasteiger partial charge in [-0.15, -0.1) is 0 Å². The van der Waals surface area contributed by atoms with Gasteiger partial charge in [0.15, 0.2) is 0 Å². The molecule has 0 N–H and O–H groups in total. The van der Waals surface area contributed by atoms with E-state index in [1.54, 1.807) is 14.2 Å². The van der Waals surface area contributed by atoms with Gasteiger partial charge >= 0.3 is 0 Å². The highest BCUT2D eigenvalue weighted by molar-refractivity contribution is 5.74. The van der Waals surface area contributed by atoms with E-state index in [1.165, 1.54) is 12.2 Å². The van der Waals surface area contributed by atoms with Crippen LogP contribution in [0.2, 0.25) is 0 Å². The number of hydrogen-bond acceptors (Lipinski definition) is 3. The average molecular weight is 203 g/mol. The summed E-state index contributed by atoms with van der Waals surface area (Å²) in [5.41, 5.74) is 0. The molecule has 0 heterocycles. The highest BCUT2D eigenvalue weighted by Gasteiger charge is 2.06. The Morgan fingerprint density at radius 1 is 1.14 bits per heavy atom. The topological polar surface area (TPSA) is 38.8 Å². The first-order chi connectivity index (χ1) is 6.72. The first-order valence-corrected chi connectivity index (χ1v) is 5.02. The van der Waals surface area contributed by atoms with Crippen molar-refractivity contribution in [2.45, 2.75) is 32.1 Å². The molecule has 0 bridgehead atoms. The van der Waals surface area contributed by atoms with Crippen LogP contribution in [0.4, 0.5) is 0 Å². The summed E-state index contributed by atoms with van der Waals surface area (Å²) in [4.78, 5) is 16.0. The smallest absolute Gasteiger partial charge is 0.245 e. The Morgan fingerprint density at radius 2 is 1.79 bits per heavy atom. The van der Waals surface area contributed by atoms with E-state index in [0.29, 0.717) is 6.42 Å². The number of hydroxylamine groups is 2. The molecule has 84 valence electrons. The van der Waals surface area contributed by atoms with Gasteiger partial charge in [0.2, 0.25) is 5.91 Å². The van der Waals surface area contributed by atoms with E-state index >= 15 is 0 Å². The lowest BCUT2D eigenvalue weighted by molar-refractivity contribution is -0.168. The van der Waals surface area contributed by atoms with E-state index in [-0.39, 0.29) is 5.91 Å². The molecule has 14 heavy (non-hydrogen) atoms. The summed E-state index contributed by atoms with van der Waals surface area (Å²) in [6.07, 6.45) is 4.77. The minimum Gasteiger partial charge on any atom is -0.385 e. The fraction of sp³-hybridized carbons (Fsp3) is 0.900. The van der Waals surface area contributed by atoms with E-state index in [1.807, 2.05) is 0 Å². The Hall–Kier alpha value is -0.610. The summed E-state index contributed by atoms with van der Waals surface area (Å²) >= 11 is 0. The van der Waals surface area contributed by atoms with Crippen molar-refractivity contribution in [3.63, 3.8) is 0 Å². The van der Waals surface area contributed by atoms with Gasteiger partial charge < -0.3 is 4.74 Å². The number of nitrogens with zero attached hydrogens (tertiary/aromatic N) is 1. The fourth-order valence-corrected chi connectivity index (χ4v) is 1.14. The Balaban J connectivity index is 3.23. The van der Waals surface area contributed by atoms with Gasteiger partial charge in [-0.25, -0.2) is 5.06 Å². The van der Waals surface area contributed by atoms with Gasteiger partial charge in [-0.3, -0.25) is 9.63 Å². The summed E-state index contributed by atoms with van der Waals surface area (Å²) in [7, 11) is 4.83. The minimum atomic E-state index is 0.0410. The maximum Gasteiger partial charge on any atom is 0.245 e. The molecular formula is C10H21NO3. The van der Waals surface area contributed by atoms with Crippen molar-refractivity contribution in [2.24, 2.45) is 0 Å². The molecule has 1 amide bonds. The zero-order valence-corrected chi connectivity index (χ0v) is 9.41. The van der Waals surface area contributed by atoms with Gasteiger partial charge in [-0.05, 0) is 12.8 Å². The van der Waals surface area contributed by atoms with Crippen LogP contribution in [0.1, 0.15) is 32.1 Å². The van der Waals surface area contributed by atoms with Gasteiger partial charge in [0.25, 0.3) is 0 Å². The third-order valence-corrected chi connectivity index (χ3v) is 2.11. The second-order valence-electron chi connectivity index (χ2n) is 3.23. The Morgan fingerprint density at radius 3 is 2.36 bits per heavy atom. The van der Waals surface area contributed by atoms with Crippen molar-refractivity contribution in [1.82, 2.24) is 5.06 Å². The lowest BCUT2D eigenvalue weighted by atomic mass is 10.1. The van der Waals surface area contributed by atoms with E-state index in [0.717, 1.165) is 32.3 Å². The molecule has 0 fully saturated rings. The van der Waals surface area contributed by atoms with Crippen LogP contribution in [0.25, 0.3) is 0 Å². The van der Waals surface area contributed by atoms with Gasteiger partial charge in [0, 0.05) is 27.2 Å². The standard InChI is InChI=1S/C10H21NO3/c1-11(14-3)10(12)8-6-4-5-7-9-13-2/h4-9H2,1-3H3. The van der Waals surface area contributed by atoms with E-state index in [9.17, 15) is 4.79 Å². The van der Waals surface area contributed by atoms with Crippen molar-refractivity contribution >= 4 is 5.91 Å². The SMILES string of the molecule is COCCCCCCC(=O)N(C)OC. The predicted molar refractivity (Wildman–Crippen MR) is 54.7 cm³/mol. The number of ether oxygens (including phenoxy) is 1. The van der Waals surface area contributed by atoms with Crippen molar-refractivity contribution in [3.8, 4) is 0 Å². The molecule has 0 saturated carbocycles. The van der Waals surface area contributed by atoms with Crippen LogP contribution >= 0.6 is 0 Å². The van der Waals surface area contributed by atoms with Crippen LogP contribution in [0.5, 0.6) is 0 Å². The normalized spacial score (nSPS) is 10.2. The summed E-state index contributed by atoms with van der Waals surface area (Å²) in [6.45, 7) is 0.811. The number of hydrogen-bond donors (Lipinski definition) is 0. The number of methoxy groups -OCH3 is 1. The lowest BCUT2D eigenvalue weighted by Crippen LogP contribution is -2.24. The highest BCUT2D eigenvalue weighted by Crippen LogP contribution is 2.04. The molecule has 0 saturated heterocycles. The Bertz CT molecular complexity index is 150. The van der Waals surface area contributed by atoms with E-state index < -0.39 is 0 Å². The van der Waals surface area contributed by atoms with Gasteiger partial charge in [-0.2, -0.15) is 0 Å². The van der Waals surface area contributed by atoms with Gasteiger partial charge in [-0.1, -0.05) is 12.8 Å². The minimum absolute atomic E-state index is 0.0410. The molecule has 4 heteroatoms. The van der Waals surface area contributed by atoms with Crippen molar-refractivity contribution in [1.29, 1.82) is 0 Å². The third kappa shape index (κ3) is 6.86. The van der Waals surface area contributed by atoms with Crippen LogP contribution in [0, 0.1) is 0 Å². The molecule has 0 spiro atoms. The summed E-state index contributed by atoms with van der Waals surface area (Å²) in [6, 6.07) is 0. The summed E-state index contributed by atoms with van der Waals surface area (Å²) < 4.78 is 4.93. The molecule has 0 aliphatic rings. The maximum atomic E-state index is 11.2. The molecule has 0 aromatic rings. The van der Waals surface area contributed by atoms with Crippen LogP contribution < -0.4 is 0 Å². The van der Waals surface area contributed by atoms with Crippen LogP contribution in [0.15, 0.2) is 0 Å². The molecule has 0 atom stereocenters. The molecule has 0 radical (unpaired) electrons. The van der Waals surface area contributed by atoms with Gasteiger partial charge in [0.1, 0.15) is 0 Å². The molecule has 0 unspecified atom stereocenters. The van der Waals surface area contributed by atoms with E-state index in [2.05, 4.69) is 0 Å². The van der Waals surface area contributed by atoms with Crippen LogP contribution in [-0.2, 0) is 14.4 Å². The molecule has 0 aromatic heterocycles. The third-order valence-electron chi connectivity index (χ3n) is 2.11. The zero-order chi connectivity index (χ0) is 10.8. The Labute approximate surface area is 86.1 Å². The number of rotatable bonds is 8. The summed E-state index contributed by atoms with van der Waals surface area (Å²) in [5, 5.41) is 1.27. The maximum absolute atomic E-state index is 11.2. The molecule has 0 aliphatic carbocycles. The number of amides is 1. The van der Waals surface area contributed by atoms with Crippen LogP contribution in [-0.4, -0.2) is 38.8 Å². The molecular weight excluding hydrogens is 182 g/mol. The zero-order valence-electron chi connectivity index (χ0n) is 9.41. The lowest BCUT2D eigenvalue weighted by Gasteiger charge is -2.12. The molecule has 0 aliphatic heterocycles. The summed E-state index contributed by atoms with van der Waals surface area (Å²) in [5.74, 6) is 0.0410. The van der Waals surface area contributed by atoms with Crippen molar-refractivity contribution in [3.05, 3.63) is 0 Å². The Kier molecular flexibility index (Phi) is 8.57. The van der Waals surface area contributed by atoms with E-state index in [4.69, 9.17) is 9.57 Å². The number of carbonyl (C=O) groups is 1. The number of carbonyl (C=O) groups excluding carboxylic acids is 1. The highest BCUT2D eigenvalue weighted by atomic mass is 16.7. The van der Waals surface area contributed by atoms with Crippen molar-refractivity contribution < 1.29 is 14.4 Å². The second kappa shape index (κ2) is 8.97. The quantitative estimate of drug-likeness (QED) is 0.444. The van der Waals surface area contributed by atoms with Gasteiger partial charge in [0.05, 0.1) is 7.11 Å². The first-order valence-electron chi connectivity index (χ1n) is 5.02. The second-order valence-corrected chi connectivity index (χ2v) is 3.23. The molecule has 0 rings (SSSR count). The fourth-order valence-electron chi connectivity index (χ4n) is 1.14.